The van der Waals surface area contributed by atoms with Gasteiger partial charge in [-0.1, -0.05) is 43.5 Å². The highest BCUT2D eigenvalue weighted by molar-refractivity contribution is 6.30. The zero-order valence-electron chi connectivity index (χ0n) is 15.7. The molecule has 2 atom stereocenters. The number of pyridine rings is 1. The van der Waals surface area contributed by atoms with Crippen molar-refractivity contribution in [1.29, 1.82) is 0 Å². The average Bonchev–Trinajstić information content (AvgIpc) is 2.98. The second-order valence-corrected chi connectivity index (χ2v) is 7.73. The first-order valence-electron chi connectivity index (χ1n) is 9.06. The largest absolute Gasteiger partial charge is 0.327 e. The summed E-state index contributed by atoms with van der Waals surface area (Å²) in [5, 5.41) is 0.925. The lowest BCUT2D eigenvalue weighted by molar-refractivity contribution is -0.119. The van der Waals surface area contributed by atoms with E-state index in [4.69, 9.17) is 23.2 Å². The lowest BCUT2D eigenvalue weighted by Crippen LogP contribution is -2.42. The Kier molecular flexibility index (Phi) is 6.46. The topological polar surface area (TPSA) is 79.3 Å². The fraction of sp³-hybridized carbons (Fsp3) is 0.421. The normalized spacial score (nSPS) is 17.9. The van der Waals surface area contributed by atoms with Crippen LogP contribution >= 0.6 is 23.2 Å². The van der Waals surface area contributed by atoms with Gasteiger partial charge in [0.2, 0.25) is 5.95 Å². The summed E-state index contributed by atoms with van der Waals surface area (Å²) in [4.78, 5) is 41.2. The zero-order chi connectivity index (χ0) is 20.3. The van der Waals surface area contributed by atoms with Gasteiger partial charge in [0.15, 0.2) is 5.78 Å². The van der Waals surface area contributed by atoms with Gasteiger partial charge in [-0.3, -0.25) is 14.7 Å². The Morgan fingerprint density at radius 3 is 2.61 bits per heavy atom. The standard InChI is InChI=1S/C19H21Cl2N5O2/c1-3-12(2)17-11-26(18-23-8-14(21)9-24-18)19(28)25(17)10-16(27)7-15-6-13(20)4-5-22-15/h4-6,8-9,12,17H,3,7,10-11H2,1-2H3/t12-,17+/m0/s1. The van der Waals surface area contributed by atoms with E-state index in [0.29, 0.717) is 22.3 Å². The molecule has 3 heterocycles. The molecule has 1 aliphatic rings. The Labute approximate surface area is 173 Å². The number of urea groups is 1. The number of halogens is 2. The fourth-order valence-corrected chi connectivity index (χ4v) is 3.49. The number of anilines is 1. The van der Waals surface area contributed by atoms with E-state index < -0.39 is 0 Å². The highest BCUT2D eigenvalue weighted by Crippen LogP contribution is 2.27. The lowest BCUT2D eigenvalue weighted by Gasteiger charge is -2.26. The van der Waals surface area contributed by atoms with Crippen LogP contribution in [0.3, 0.4) is 0 Å². The summed E-state index contributed by atoms with van der Waals surface area (Å²) >= 11 is 11.8. The minimum Gasteiger partial charge on any atom is -0.312 e. The summed E-state index contributed by atoms with van der Waals surface area (Å²) in [7, 11) is 0. The van der Waals surface area contributed by atoms with Crippen molar-refractivity contribution in [2.75, 3.05) is 18.0 Å². The van der Waals surface area contributed by atoms with Gasteiger partial charge in [0.05, 0.1) is 43.0 Å². The number of carbonyl (C=O) groups excluding carboxylic acids is 2. The molecule has 0 spiro atoms. The number of amides is 2. The predicted octanol–water partition coefficient (Wildman–Crippen LogP) is 3.65. The van der Waals surface area contributed by atoms with Gasteiger partial charge in [-0.05, 0) is 18.1 Å². The molecule has 9 heteroatoms. The van der Waals surface area contributed by atoms with Crippen LogP contribution in [-0.4, -0.2) is 50.8 Å². The molecule has 1 saturated heterocycles. The smallest absolute Gasteiger partial charge is 0.312 e. The van der Waals surface area contributed by atoms with Gasteiger partial charge < -0.3 is 4.90 Å². The molecule has 0 aromatic carbocycles. The molecular formula is C19H21Cl2N5O2. The van der Waals surface area contributed by atoms with Gasteiger partial charge in [0.1, 0.15) is 0 Å². The summed E-state index contributed by atoms with van der Waals surface area (Å²) in [6.07, 6.45) is 5.47. The van der Waals surface area contributed by atoms with Crippen LogP contribution < -0.4 is 4.90 Å². The van der Waals surface area contributed by atoms with Crippen LogP contribution in [0.5, 0.6) is 0 Å². The van der Waals surface area contributed by atoms with Crippen molar-refractivity contribution in [1.82, 2.24) is 19.9 Å². The van der Waals surface area contributed by atoms with Gasteiger partial charge in [-0.2, -0.15) is 0 Å². The SMILES string of the molecule is CC[C@H](C)[C@H]1CN(c2ncc(Cl)cn2)C(=O)N1CC(=O)Cc1cc(Cl)ccn1. The number of aromatic nitrogens is 3. The first-order chi connectivity index (χ1) is 13.4. The van der Waals surface area contributed by atoms with Crippen LogP contribution in [0.4, 0.5) is 10.7 Å². The summed E-state index contributed by atoms with van der Waals surface area (Å²) in [6.45, 7) is 4.57. The molecule has 0 N–H and O–H groups in total. The molecular weight excluding hydrogens is 401 g/mol. The Balaban J connectivity index is 1.77. The summed E-state index contributed by atoms with van der Waals surface area (Å²) in [6, 6.07) is 2.93. The summed E-state index contributed by atoms with van der Waals surface area (Å²) in [5.41, 5.74) is 0.585. The lowest BCUT2D eigenvalue weighted by atomic mass is 9.98. The van der Waals surface area contributed by atoms with E-state index in [1.165, 1.54) is 17.3 Å². The van der Waals surface area contributed by atoms with Crippen molar-refractivity contribution < 1.29 is 9.59 Å². The van der Waals surface area contributed by atoms with E-state index in [2.05, 4.69) is 28.8 Å². The number of nitrogens with zero attached hydrogens (tertiary/aromatic N) is 5. The molecule has 0 saturated carbocycles. The number of Topliss-reactive ketones (excluding diaryl/α,β-unsaturated/α-hetero) is 1. The summed E-state index contributed by atoms with van der Waals surface area (Å²) in [5.74, 6) is 0.405. The number of rotatable bonds is 7. The van der Waals surface area contributed by atoms with Crippen molar-refractivity contribution in [3.05, 3.63) is 46.5 Å². The third-order valence-electron chi connectivity index (χ3n) is 4.90. The molecule has 148 valence electrons. The zero-order valence-corrected chi connectivity index (χ0v) is 17.2. The maximum Gasteiger partial charge on any atom is 0.327 e. The molecule has 0 bridgehead atoms. The minimum absolute atomic E-state index is 0.00607. The Hall–Kier alpha value is -2.25. The van der Waals surface area contributed by atoms with E-state index in [1.807, 2.05) is 0 Å². The third kappa shape index (κ3) is 4.59. The number of carbonyl (C=O) groups is 2. The second kappa shape index (κ2) is 8.84. The molecule has 0 aliphatic carbocycles. The molecule has 28 heavy (non-hydrogen) atoms. The quantitative estimate of drug-likeness (QED) is 0.681. The highest BCUT2D eigenvalue weighted by atomic mass is 35.5. The van der Waals surface area contributed by atoms with Gasteiger partial charge in [0.25, 0.3) is 0 Å². The van der Waals surface area contributed by atoms with Gasteiger partial charge in [-0.15, -0.1) is 0 Å². The maximum atomic E-state index is 13.0. The molecule has 2 aromatic rings. The Morgan fingerprint density at radius 2 is 1.96 bits per heavy atom. The second-order valence-electron chi connectivity index (χ2n) is 6.86. The van der Waals surface area contributed by atoms with Crippen molar-refractivity contribution in [2.24, 2.45) is 5.92 Å². The van der Waals surface area contributed by atoms with Gasteiger partial charge in [-0.25, -0.2) is 14.8 Å². The predicted molar refractivity (Wildman–Crippen MR) is 108 cm³/mol. The van der Waals surface area contributed by atoms with Crippen LogP contribution in [0, 0.1) is 5.92 Å². The summed E-state index contributed by atoms with van der Waals surface area (Å²) < 4.78 is 0. The number of hydrogen-bond donors (Lipinski definition) is 0. The average molecular weight is 422 g/mol. The number of ketones is 1. The third-order valence-corrected chi connectivity index (χ3v) is 5.33. The van der Waals surface area contributed by atoms with Crippen LogP contribution in [0.25, 0.3) is 0 Å². The molecule has 2 amide bonds. The van der Waals surface area contributed by atoms with Crippen molar-refractivity contribution in [2.45, 2.75) is 32.7 Å². The van der Waals surface area contributed by atoms with Crippen LogP contribution in [-0.2, 0) is 11.2 Å². The van der Waals surface area contributed by atoms with Gasteiger partial charge in [0, 0.05) is 16.9 Å². The molecule has 0 unspecified atom stereocenters. The van der Waals surface area contributed by atoms with Crippen molar-refractivity contribution in [3.63, 3.8) is 0 Å². The van der Waals surface area contributed by atoms with E-state index in [9.17, 15) is 9.59 Å². The van der Waals surface area contributed by atoms with E-state index in [0.717, 1.165) is 6.42 Å². The van der Waals surface area contributed by atoms with Crippen LogP contribution in [0.1, 0.15) is 26.0 Å². The molecule has 0 radical (unpaired) electrons. The monoisotopic (exact) mass is 421 g/mol. The minimum atomic E-state index is -0.278. The van der Waals surface area contributed by atoms with Crippen molar-refractivity contribution in [3.8, 4) is 0 Å². The first kappa shape index (κ1) is 20.5. The molecule has 1 fully saturated rings. The van der Waals surface area contributed by atoms with E-state index in [-0.39, 0.29) is 42.7 Å². The Bertz CT molecular complexity index is 862. The fourth-order valence-electron chi connectivity index (χ4n) is 3.21. The molecule has 7 nitrogen and oxygen atoms in total. The first-order valence-corrected chi connectivity index (χ1v) is 9.82. The number of hydrogen-bond acceptors (Lipinski definition) is 5. The van der Waals surface area contributed by atoms with Crippen molar-refractivity contribution >= 4 is 41.0 Å². The molecule has 2 aromatic heterocycles. The van der Waals surface area contributed by atoms with Crippen LogP contribution in [0.2, 0.25) is 10.0 Å². The maximum absolute atomic E-state index is 13.0. The van der Waals surface area contributed by atoms with Gasteiger partial charge >= 0.3 is 6.03 Å². The van der Waals surface area contributed by atoms with Crippen LogP contribution in [0.15, 0.2) is 30.7 Å². The molecule has 1 aliphatic heterocycles. The Morgan fingerprint density at radius 1 is 1.25 bits per heavy atom. The van der Waals surface area contributed by atoms with E-state index in [1.54, 1.807) is 23.2 Å². The molecule has 3 rings (SSSR count). The van der Waals surface area contributed by atoms with E-state index >= 15 is 0 Å². The highest BCUT2D eigenvalue weighted by Gasteiger charge is 2.42.